The van der Waals surface area contributed by atoms with Crippen LogP contribution >= 0.6 is 0 Å². The van der Waals surface area contributed by atoms with Crippen LogP contribution in [0.25, 0.3) is 11.0 Å². The van der Waals surface area contributed by atoms with Crippen molar-refractivity contribution in [2.45, 2.75) is 39.5 Å². The van der Waals surface area contributed by atoms with E-state index >= 15 is 0 Å². The fourth-order valence-corrected chi connectivity index (χ4v) is 3.16. The first kappa shape index (κ1) is 23.1. The van der Waals surface area contributed by atoms with Gasteiger partial charge in [-0.15, -0.1) is 0 Å². The Hall–Kier alpha value is -3.55. The number of para-hydroxylation sites is 2. The van der Waals surface area contributed by atoms with Crippen molar-refractivity contribution in [2.75, 3.05) is 20.1 Å². The van der Waals surface area contributed by atoms with E-state index in [1.54, 1.807) is 7.05 Å². The number of aromatic nitrogens is 2. The minimum absolute atomic E-state index is 0.425. The van der Waals surface area contributed by atoms with Gasteiger partial charge in [-0.2, -0.15) is 0 Å². The van der Waals surface area contributed by atoms with Crippen LogP contribution in [0.4, 0.5) is 4.79 Å². The van der Waals surface area contributed by atoms with Gasteiger partial charge in [-0.3, -0.25) is 4.99 Å². The topological polar surface area (TPSA) is 92.6 Å². The van der Waals surface area contributed by atoms with Gasteiger partial charge < -0.3 is 25.3 Å². The zero-order valence-electron chi connectivity index (χ0n) is 19.2. The van der Waals surface area contributed by atoms with Crippen LogP contribution in [0.1, 0.15) is 31.9 Å². The molecule has 0 aliphatic heterocycles. The number of carbonyl (C=O) groups is 1. The predicted molar refractivity (Wildman–Crippen MR) is 128 cm³/mol. The number of guanidine groups is 1. The molecule has 170 valence electrons. The molecular formula is C24H32N6O2. The molecule has 2 aromatic carbocycles. The van der Waals surface area contributed by atoms with Gasteiger partial charge in [-0.05, 0) is 44.0 Å². The SMILES string of the molecule is CN=C(NCCNC(=O)OC(C)(C)C)NCc1ccc(Cn2cnc3ccccc32)cc1. The number of carbonyl (C=O) groups excluding carboxylic acids is 1. The van der Waals surface area contributed by atoms with E-state index in [4.69, 9.17) is 4.74 Å². The van der Waals surface area contributed by atoms with E-state index in [0.29, 0.717) is 25.6 Å². The quantitative estimate of drug-likeness (QED) is 0.300. The molecule has 8 nitrogen and oxygen atoms in total. The molecule has 8 heteroatoms. The minimum atomic E-state index is -0.503. The molecule has 3 aromatic rings. The summed E-state index contributed by atoms with van der Waals surface area (Å²) in [5, 5.41) is 9.17. The Balaban J connectivity index is 1.42. The lowest BCUT2D eigenvalue weighted by Gasteiger charge is -2.20. The van der Waals surface area contributed by atoms with E-state index in [1.807, 2.05) is 45.3 Å². The summed E-state index contributed by atoms with van der Waals surface area (Å²) in [6.07, 6.45) is 1.46. The smallest absolute Gasteiger partial charge is 0.407 e. The van der Waals surface area contributed by atoms with Crippen molar-refractivity contribution in [1.82, 2.24) is 25.5 Å². The lowest BCUT2D eigenvalue weighted by atomic mass is 10.1. The molecule has 0 aliphatic carbocycles. The van der Waals surface area contributed by atoms with Crippen LogP contribution in [0, 0.1) is 0 Å². The third kappa shape index (κ3) is 7.01. The summed E-state index contributed by atoms with van der Waals surface area (Å²) >= 11 is 0. The Kier molecular flexibility index (Phi) is 7.70. The van der Waals surface area contributed by atoms with Crippen molar-refractivity contribution < 1.29 is 9.53 Å². The molecule has 0 spiro atoms. The van der Waals surface area contributed by atoms with E-state index in [2.05, 4.69) is 60.8 Å². The summed E-state index contributed by atoms with van der Waals surface area (Å²) in [5.74, 6) is 0.671. The number of fused-ring (bicyclic) bond motifs is 1. The second-order valence-corrected chi connectivity index (χ2v) is 8.46. The maximum absolute atomic E-state index is 11.7. The average molecular weight is 437 g/mol. The van der Waals surface area contributed by atoms with E-state index in [-0.39, 0.29) is 0 Å². The van der Waals surface area contributed by atoms with Crippen LogP contribution < -0.4 is 16.0 Å². The third-order valence-corrected chi connectivity index (χ3v) is 4.67. The van der Waals surface area contributed by atoms with Crippen molar-refractivity contribution in [2.24, 2.45) is 4.99 Å². The average Bonchev–Trinajstić information content (AvgIpc) is 3.16. The number of aliphatic imine (C=N–C) groups is 1. The van der Waals surface area contributed by atoms with Gasteiger partial charge in [-0.25, -0.2) is 9.78 Å². The molecule has 1 amide bonds. The van der Waals surface area contributed by atoms with Gasteiger partial charge in [0, 0.05) is 33.2 Å². The first-order valence-corrected chi connectivity index (χ1v) is 10.7. The Morgan fingerprint density at radius 2 is 1.69 bits per heavy atom. The lowest BCUT2D eigenvalue weighted by molar-refractivity contribution is 0.0529. The molecule has 3 N–H and O–H groups in total. The highest BCUT2D eigenvalue weighted by Crippen LogP contribution is 2.14. The van der Waals surface area contributed by atoms with Gasteiger partial charge in [0.1, 0.15) is 5.60 Å². The fourth-order valence-electron chi connectivity index (χ4n) is 3.16. The Bertz CT molecular complexity index is 1050. The van der Waals surface area contributed by atoms with Crippen molar-refractivity contribution in [1.29, 1.82) is 0 Å². The van der Waals surface area contributed by atoms with Gasteiger partial charge in [0.25, 0.3) is 0 Å². The molecule has 0 radical (unpaired) electrons. The monoisotopic (exact) mass is 436 g/mol. The van der Waals surface area contributed by atoms with E-state index < -0.39 is 11.7 Å². The molecule has 1 heterocycles. The van der Waals surface area contributed by atoms with Gasteiger partial charge in [0.05, 0.1) is 17.4 Å². The molecule has 0 aliphatic rings. The standard InChI is InChI=1S/C24H32N6O2/c1-24(2,3)32-23(31)27-14-13-26-22(25-4)28-15-18-9-11-19(12-10-18)16-30-17-29-20-7-5-6-8-21(20)30/h5-12,17H,13-16H2,1-4H3,(H,27,31)(H2,25,26,28). The second kappa shape index (κ2) is 10.7. The van der Waals surface area contributed by atoms with E-state index in [9.17, 15) is 4.79 Å². The lowest BCUT2D eigenvalue weighted by Crippen LogP contribution is -2.42. The summed E-state index contributed by atoms with van der Waals surface area (Å²) in [7, 11) is 1.72. The normalized spacial score (nSPS) is 11.9. The Morgan fingerprint density at radius 1 is 1.00 bits per heavy atom. The number of alkyl carbamates (subject to hydrolysis) is 1. The number of rotatable bonds is 7. The highest BCUT2D eigenvalue weighted by atomic mass is 16.6. The molecule has 3 rings (SSSR count). The molecule has 0 bridgehead atoms. The van der Waals surface area contributed by atoms with Gasteiger partial charge in [-0.1, -0.05) is 36.4 Å². The molecular weight excluding hydrogens is 404 g/mol. The van der Waals surface area contributed by atoms with Crippen molar-refractivity contribution in [3.63, 3.8) is 0 Å². The maximum atomic E-state index is 11.7. The molecule has 0 fully saturated rings. The van der Waals surface area contributed by atoms with Crippen LogP contribution in [-0.4, -0.2) is 47.3 Å². The van der Waals surface area contributed by atoms with Gasteiger partial charge >= 0.3 is 6.09 Å². The summed E-state index contributed by atoms with van der Waals surface area (Å²) in [5.41, 5.74) is 4.01. The van der Waals surface area contributed by atoms with Crippen LogP contribution in [0.5, 0.6) is 0 Å². The summed E-state index contributed by atoms with van der Waals surface area (Å²) < 4.78 is 7.36. The molecule has 0 saturated carbocycles. The molecule has 0 unspecified atom stereocenters. The fraction of sp³-hybridized carbons (Fsp3) is 0.375. The number of imidazole rings is 1. The summed E-state index contributed by atoms with van der Waals surface area (Å²) in [6, 6.07) is 16.6. The number of amides is 1. The highest BCUT2D eigenvalue weighted by molar-refractivity contribution is 5.79. The number of hydrogen-bond donors (Lipinski definition) is 3. The van der Waals surface area contributed by atoms with Gasteiger partial charge in [0.15, 0.2) is 5.96 Å². The first-order chi connectivity index (χ1) is 15.3. The number of benzene rings is 2. The van der Waals surface area contributed by atoms with Crippen molar-refractivity contribution in [3.8, 4) is 0 Å². The molecule has 0 saturated heterocycles. The third-order valence-electron chi connectivity index (χ3n) is 4.67. The zero-order valence-corrected chi connectivity index (χ0v) is 19.2. The molecule has 1 aromatic heterocycles. The van der Waals surface area contributed by atoms with Crippen LogP contribution in [0.15, 0.2) is 59.9 Å². The van der Waals surface area contributed by atoms with Crippen LogP contribution in [0.2, 0.25) is 0 Å². The largest absolute Gasteiger partial charge is 0.444 e. The van der Waals surface area contributed by atoms with Crippen LogP contribution in [0.3, 0.4) is 0 Å². The van der Waals surface area contributed by atoms with Crippen LogP contribution in [-0.2, 0) is 17.8 Å². The molecule has 0 atom stereocenters. The maximum Gasteiger partial charge on any atom is 0.407 e. The van der Waals surface area contributed by atoms with Crippen molar-refractivity contribution >= 4 is 23.1 Å². The Labute approximate surface area is 189 Å². The van der Waals surface area contributed by atoms with E-state index in [1.165, 1.54) is 5.56 Å². The summed E-state index contributed by atoms with van der Waals surface area (Å²) in [6.45, 7) is 7.91. The summed E-state index contributed by atoms with van der Waals surface area (Å²) in [4.78, 5) is 20.3. The zero-order chi connectivity index (χ0) is 23.0. The number of nitrogens with one attached hydrogen (secondary N) is 3. The van der Waals surface area contributed by atoms with Crippen molar-refractivity contribution in [3.05, 3.63) is 66.0 Å². The minimum Gasteiger partial charge on any atom is -0.444 e. The number of ether oxygens (including phenoxy) is 1. The number of nitrogens with zero attached hydrogens (tertiary/aromatic N) is 3. The van der Waals surface area contributed by atoms with Gasteiger partial charge in [0.2, 0.25) is 0 Å². The number of hydrogen-bond acceptors (Lipinski definition) is 4. The van der Waals surface area contributed by atoms with E-state index in [0.717, 1.165) is 23.1 Å². The first-order valence-electron chi connectivity index (χ1n) is 10.7. The second-order valence-electron chi connectivity index (χ2n) is 8.46. The molecule has 32 heavy (non-hydrogen) atoms. The predicted octanol–water partition coefficient (Wildman–Crippen LogP) is 3.27. The highest BCUT2D eigenvalue weighted by Gasteiger charge is 2.15. The Morgan fingerprint density at radius 3 is 2.41 bits per heavy atom.